The van der Waals surface area contributed by atoms with E-state index in [9.17, 15) is 28.0 Å². The summed E-state index contributed by atoms with van der Waals surface area (Å²) in [6.45, 7) is 3.81. The molecule has 0 aliphatic heterocycles. The number of phenolic OH excluding ortho intramolecular Hbond substituents is 2. The Labute approximate surface area is 302 Å². The van der Waals surface area contributed by atoms with E-state index in [4.69, 9.17) is 22.5 Å². The van der Waals surface area contributed by atoms with Crippen molar-refractivity contribution in [1.29, 1.82) is 0 Å². The Hall–Kier alpha value is -6.89. The molecule has 0 saturated carbocycles. The molecule has 0 aromatic heterocycles. The van der Waals surface area contributed by atoms with Crippen LogP contribution in [-0.2, 0) is 25.5 Å². The molecule has 0 heterocycles. The maximum Gasteiger partial charge on any atom is 0.425 e. The number of hydrogen-bond acceptors (Lipinski definition) is 14. The van der Waals surface area contributed by atoms with E-state index >= 15 is 0 Å². The number of carboxylic acid groups (broad SMARTS) is 1. The molecule has 6 aromatic carbocycles. The van der Waals surface area contributed by atoms with E-state index in [1.165, 1.54) is 42.5 Å². The average molecular weight is 758 g/mol. The highest BCUT2D eigenvalue weighted by Gasteiger charge is 2.15. The van der Waals surface area contributed by atoms with E-state index in [0.29, 0.717) is 38.9 Å². The summed E-state index contributed by atoms with van der Waals surface area (Å²) in [7, 11) is -7.66. The summed E-state index contributed by atoms with van der Waals surface area (Å²) in [6, 6.07) is 26.7. The van der Waals surface area contributed by atoms with Gasteiger partial charge < -0.3 is 25.4 Å². The normalized spacial score (nSPS) is 11.1. The molecule has 270 valence electrons. The first-order chi connectivity index (χ1) is 25.2. The van der Waals surface area contributed by atoms with Gasteiger partial charge in [0.15, 0.2) is 5.75 Å². The zero-order valence-electron chi connectivity index (χ0n) is 27.3. The monoisotopic (exact) mass is 757 g/mol. The molecule has 0 aliphatic rings. The first-order valence-corrected chi connectivity index (χ1v) is 17.2. The highest BCUT2D eigenvalue weighted by atomic mass is 32.2. The Morgan fingerprint density at radius 3 is 1.83 bits per heavy atom. The molecule has 0 bridgehead atoms. The molecule has 6 rings (SSSR count). The minimum Gasteiger partial charge on any atom is -0.508 e. The lowest BCUT2D eigenvalue weighted by Crippen LogP contribution is -1.97. The third-order valence-corrected chi connectivity index (χ3v) is 8.21. The highest BCUT2D eigenvalue weighted by molar-refractivity contribution is 7.85. The van der Waals surface area contributed by atoms with Crippen LogP contribution in [0.15, 0.2) is 128 Å². The number of hydrogen-bond donors (Lipinski definition) is 5. The number of aromatic carboxylic acids is 1. The fourth-order valence-corrected chi connectivity index (χ4v) is 5.37. The smallest absolute Gasteiger partial charge is 0.425 e. The number of azo groups is 2. The van der Waals surface area contributed by atoms with Crippen LogP contribution in [0.3, 0.4) is 0 Å². The number of phenols is 2. The van der Waals surface area contributed by atoms with Crippen LogP contribution in [0.4, 0.5) is 34.1 Å². The van der Waals surface area contributed by atoms with Gasteiger partial charge in [-0.25, -0.2) is 4.79 Å². The van der Waals surface area contributed by atoms with Crippen molar-refractivity contribution in [3.8, 4) is 11.5 Å². The molecular formula is C35H27N5O11S2. The van der Waals surface area contributed by atoms with Crippen LogP contribution in [0.1, 0.15) is 15.9 Å². The minimum absolute atomic E-state index is 0.0275. The maximum absolute atomic E-state index is 12.0. The fourth-order valence-electron chi connectivity index (χ4n) is 4.87. The van der Waals surface area contributed by atoms with E-state index < -0.39 is 26.7 Å². The quantitative estimate of drug-likeness (QED) is 0.0729. The van der Waals surface area contributed by atoms with Crippen LogP contribution in [0, 0.1) is 6.92 Å². The Morgan fingerprint density at radius 1 is 0.660 bits per heavy atom. The number of benzene rings is 6. The van der Waals surface area contributed by atoms with Crippen molar-refractivity contribution in [3.63, 3.8) is 0 Å². The van der Waals surface area contributed by atoms with Gasteiger partial charge in [-0.05, 0) is 90.7 Å². The minimum atomic E-state index is -4.55. The van der Waals surface area contributed by atoms with Crippen molar-refractivity contribution >= 4 is 89.2 Å². The van der Waals surface area contributed by atoms with Crippen molar-refractivity contribution in [2.75, 3.05) is 5.32 Å². The predicted molar refractivity (Wildman–Crippen MR) is 194 cm³/mol. The third kappa shape index (κ3) is 9.88. The Kier molecular flexibility index (Phi) is 12.4. The molecule has 0 unspecified atom stereocenters. The lowest BCUT2D eigenvalue weighted by Gasteiger charge is -2.10. The number of nitrogens with zero attached hydrogens (tertiary/aromatic N) is 4. The molecular weight excluding hydrogens is 731 g/mol. The summed E-state index contributed by atoms with van der Waals surface area (Å²) in [4.78, 5) is 18.8. The molecule has 0 amide bonds. The lowest BCUT2D eigenvalue weighted by molar-refractivity contribution is -0.0980. The Morgan fingerprint density at radius 2 is 1.21 bits per heavy atom. The number of aromatic hydroxyl groups is 2. The average Bonchev–Trinajstić information content (AvgIpc) is 3.12. The second-order valence-corrected chi connectivity index (χ2v) is 12.6. The van der Waals surface area contributed by atoms with Crippen LogP contribution in [0.2, 0.25) is 0 Å². The van der Waals surface area contributed by atoms with E-state index in [0.717, 1.165) is 10.9 Å². The predicted octanol–water partition coefficient (Wildman–Crippen LogP) is 8.04. The fraction of sp³-hybridized carbons (Fsp3) is 0.0286. The molecule has 0 atom stereocenters. The number of anilines is 2. The first-order valence-electron chi connectivity index (χ1n) is 14.8. The summed E-state index contributed by atoms with van der Waals surface area (Å²) in [6.07, 6.45) is 0. The summed E-state index contributed by atoms with van der Waals surface area (Å²) in [5.41, 5.74) is 3.42. The van der Waals surface area contributed by atoms with Gasteiger partial charge >= 0.3 is 16.6 Å². The summed E-state index contributed by atoms with van der Waals surface area (Å²) in [5.74, 6) is -1.15. The van der Waals surface area contributed by atoms with Crippen LogP contribution < -0.4 is 5.32 Å². The van der Waals surface area contributed by atoms with Gasteiger partial charge in [-0.2, -0.15) is 13.5 Å². The zero-order valence-corrected chi connectivity index (χ0v) is 28.9. The second kappa shape index (κ2) is 16.9. The van der Waals surface area contributed by atoms with E-state index in [1.807, 2.05) is 19.8 Å². The standard InChI is InChI=1S/C34H25N5O7S.CH2O.O3S/c1-19-2-10-24(40)17-32(19)39-36-29-14-15-30(28-18-25(47(44,45)46)11-12-26(28)29)37-38-31-13-6-20-3-9-23(16-27(20)33(31)41)35-22-7-4-21(5-8-22)34(42)43;1-2;1-4(2)3/h2-18,35,40-41H,1H3,(H,42,43)(H,44,45,46);1H2;. The zero-order chi connectivity index (χ0) is 38.9. The van der Waals surface area contributed by atoms with Crippen molar-refractivity contribution in [3.05, 3.63) is 114 Å². The number of carbonyl (C=O) groups excluding carboxylic acids is 1. The van der Waals surface area contributed by atoms with Gasteiger partial charge in [0, 0.05) is 33.6 Å². The number of carboxylic acids is 1. The molecule has 0 spiro atoms. The molecule has 0 aliphatic carbocycles. The SMILES string of the molecule is C=O.Cc1ccc(O)cc1N=Nc1ccc(N=Nc2ccc3ccc(Nc4ccc(C(=O)O)cc4)cc3c2O)c2cc(S(=O)(=O)O)ccc12.O=S(=O)=O. The third-order valence-electron chi connectivity index (χ3n) is 7.36. The molecule has 0 radical (unpaired) electrons. The Bertz CT molecular complexity index is 2630. The van der Waals surface area contributed by atoms with E-state index in [-0.39, 0.29) is 33.3 Å². The number of rotatable bonds is 8. The van der Waals surface area contributed by atoms with Crippen LogP contribution in [-0.4, -0.2) is 53.7 Å². The van der Waals surface area contributed by atoms with Gasteiger partial charge in [0.25, 0.3) is 10.1 Å². The number of aryl methyl sites for hydroxylation is 1. The van der Waals surface area contributed by atoms with Crippen molar-refractivity contribution in [1.82, 2.24) is 0 Å². The molecule has 0 saturated heterocycles. The topological polar surface area (TPSA) is 262 Å². The number of carbonyl (C=O) groups is 2. The first kappa shape index (κ1) is 38.9. The lowest BCUT2D eigenvalue weighted by atomic mass is 10.1. The van der Waals surface area contributed by atoms with Gasteiger partial charge in [0.2, 0.25) is 0 Å². The molecule has 18 heteroatoms. The summed E-state index contributed by atoms with van der Waals surface area (Å²) in [5, 5.41) is 52.4. The molecule has 53 heavy (non-hydrogen) atoms. The maximum atomic E-state index is 12.0. The van der Waals surface area contributed by atoms with E-state index in [1.54, 1.807) is 54.6 Å². The molecule has 6 aromatic rings. The van der Waals surface area contributed by atoms with Gasteiger partial charge in [0.05, 0.1) is 27.5 Å². The van der Waals surface area contributed by atoms with Crippen LogP contribution in [0.5, 0.6) is 11.5 Å². The van der Waals surface area contributed by atoms with Gasteiger partial charge in [-0.1, -0.05) is 24.3 Å². The van der Waals surface area contributed by atoms with Gasteiger partial charge in [-0.15, -0.1) is 28.0 Å². The van der Waals surface area contributed by atoms with Crippen LogP contribution in [0.25, 0.3) is 21.5 Å². The van der Waals surface area contributed by atoms with Crippen molar-refractivity contribution in [2.24, 2.45) is 20.5 Å². The summed E-state index contributed by atoms with van der Waals surface area (Å²) >= 11 is 0. The highest BCUT2D eigenvalue weighted by Crippen LogP contribution is 2.40. The molecule has 16 nitrogen and oxygen atoms in total. The second-order valence-electron chi connectivity index (χ2n) is 10.7. The molecule has 0 fully saturated rings. The van der Waals surface area contributed by atoms with E-state index in [2.05, 4.69) is 25.8 Å². The van der Waals surface area contributed by atoms with Crippen molar-refractivity contribution in [2.45, 2.75) is 11.8 Å². The summed E-state index contributed by atoms with van der Waals surface area (Å²) < 4.78 is 59.0. The number of fused-ring (bicyclic) bond motifs is 2. The van der Waals surface area contributed by atoms with Crippen LogP contribution >= 0.6 is 0 Å². The number of nitrogens with one attached hydrogen (secondary N) is 1. The van der Waals surface area contributed by atoms with Gasteiger partial charge in [0.1, 0.15) is 18.2 Å². The Balaban J connectivity index is 0.000000980. The van der Waals surface area contributed by atoms with Crippen molar-refractivity contribution < 1.29 is 50.5 Å². The largest absolute Gasteiger partial charge is 0.508 e. The molecule has 5 N–H and O–H groups in total. The van der Waals surface area contributed by atoms with Gasteiger partial charge in [-0.3, -0.25) is 4.55 Å².